The summed E-state index contributed by atoms with van der Waals surface area (Å²) in [6.07, 6.45) is 1.74. The van der Waals surface area contributed by atoms with E-state index in [4.69, 9.17) is 11.6 Å². The van der Waals surface area contributed by atoms with Crippen LogP contribution in [0.2, 0.25) is 0 Å². The number of benzene rings is 1. The van der Waals surface area contributed by atoms with Crippen LogP contribution in [0.3, 0.4) is 0 Å². The third-order valence-electron chi connectivity index (χ3n) is 7.47. The third kappa shape index (κ3) is 4.84. The van der Waals surface area contributed by atoms with Crippen molar-refractivity contribution in [3.05, 3.63) is 35.1 Å². The van der Waals surface area contributed by atoms with Crippen LogP contribution in [0.25, 0.3) is 0 Å². The summed E-state index contributed by atoms with van der Waals surface area (Å²) < 4.78 is 13.6. The van der Waals surface area contributed by atoms with Crippen molar-refractivity contribution in [2.24, 2.45) is 10.4 Å². The number of aliphatic imine (C=N–C) groups is 1. The summed E-state index contributed by atoms with van der Waals surface area (Å²) in [7, 11) is 2.89. The molecule has 1 aromatic carbocycles. The van der Waals surface area contributed by atoms with E-state index in [0.29, 0.717) is 36.8 Å². The van der Waals surface area contributed by atoms with Crippen LogP contribution in [0.15, 0.2) is 23.2 Å². The Labute approximate surface area is 218 Å². The molecular formula is C25H29ClFN5O5. The maximum atomic E-state index is 13.6. The van der Waals surface area contributed by atoms with Gasteiger partial charge in [-0.05, 0) is 49.8 Å². The van der Waals surface area contributed by atoms with Crippen molar-refractivity contribution < 1.29 is 28.4 Å². The van der Waals surface area contributed by atoms with Crippen molar-refractivity contribution in [1.82, 2.24) is 20.4 Å². The first-order valence-electron chi connectivity index (χ1n) is 12.0. The van der Waals surface area contributed by atoms with Gasteiger partial charge in [-0.3, -0.25) is 28.9 Å². The molecule has 0 radical (unpaired) electrons. The molecule has 3 fully saturated rings. The number of alkyl halides is 1. The second-order valence-corrected chi connectivity index (χ2v) is 10.5. The van der Waals surface area contributed by atoms with Gasteiger partial charge in [0.1, 0.15) is 11.7 Å². The minimum absolute atomic E-state index is 0.00106. The highest BCUT2D eigenvalue weighted by atomic mass is 35.5. The van der Waals surface area contributed by atoms with Crippen molar-refractivity contribution in [3.63, 3.8) is 0 Å². The van der Waals surface area contributed by atoms with Gasteiger partial charge in [-0.15, -0.1) is 11.6 Å². The molecule has 1 unspecified atom stereocenters. The molecule has 1 atom stereocenters. The number of carbonyl (C=O) groups excluding carboxylic acids is 5. The number of carbonyl (C=O) groups is 5. The number of hydrogen-bond acceptors (Lipinski definition) is 6. The van der Waals surface area contributed by atoms with Gasteiger partial charge in [0.25, 0.3) is 17.6 Å². The average molecular weight is 534 g/mol. The fourth-order valence-corrected chi connectivity index (χ4v) is 5.51. The summed E-state index contributed by atoms with van der Waals surface area (Å²) in [5, 5.41) is 5.37. The molecule has 1 saturated carbocycles. The van der Waals surface area contributed by atoms with Gasteiger partial charge in [-0.1, -0.05) is 12.1 Å². The van der Waals surface area contributed by atoms with E-state index < -0.39 is 46.4 Å². The molecule has 198 valence electrons. The van der Waals surface area contributed by atoms with Gasteiger partial charge in [0.15, 0.2) is 6.04 Å². The zero-order valence-electron chi connectivity index (χ0n) is 20.9. The molecule has 1 aromatic rings. The number of amides is 4. The summed E-state index contributed by atoms with van der Waals surface area (Å²) >= 11 is 6.29. The van der Waals surface area contributed by atoms with Gasteiger partial charge in [0.05, 0.1) is 5.54 Å². The smallest absolute Gasteiger partial charge is 0.311 e. The molecule has 3 aliphatic heterocycles. The lowest BCUT2D eigenvalue weighted by Crippen LogP contribution is -2.65. The molecule has 2 saturated heterocycles. The molecule has 4 aliphatic rings. The number of amidine groups is 1. The van der Waals surface area contributed by atoms with Crippen LogP contribution in [-0.4, -0.2) is 83.1 Å². The number of Topliss-reactive ketones (excluding diaryl/α,β-unsaturated/α-hetero) is 1. The van der Waals surface area contributed by atoms with Crippen LogP contribution < -0.4 is 10.6 Å². The van der Waals surface area contributed by atoms with Gasteiger partial charge in [0, 0.05) is 38.5 Å². The second-order valence-electron chi connectivity index (χ2n) is 10.3. The minimum Gasteiger partial charge on any atom is -0.350 e. The van der Waals surface area contributed by atoms with E-state index in [0.717, 1.165) is 4.90 Å². The lowest BCUT2D eigenvalue weighted by atomic mass is 9.69. The molecule has 0 spiro atoms. The summed E-state index contributed by atoms with van der Waals surface area (Å²) in [6.45, 7) is 1.72. The summed E-state index contributed by atoms with van der Waals surface area (Å²) in [4.78, 5) is 71.2. The first-order chi connectivity index (χ1) is 17.4. The number of hydrogen-bond donors (Lipinski definition) is 2. The van der Waals surface area contributed by atoms with E-state index >= 15 is 0 Å². The Hall–Kier alpha value is -3.34. The van der Waals surface area contributed by atoms with E-state index in [2.05, 4.69) is 15.6 Å². The van der Waals surface area contributed by atoms with Crippen LogP contribution in [0.1, 0.15) is 36.8 Å². The van der Waals surface area contributed by atoms with Gasteiger partial charge < -0.3 is 15.5 Å². The Bertz CT molecular complexity index is 1210. The summed E-state index contributed by atoms with van der Waals surface area (Å²) in [5.41, 5.74) is -0.680. The standard InChI is InChI=1S/C25H29ClFN5O5/c1-14-10-15(4-5-16(14)27)11-28-19(34)17-18(33)21(36)32-13-24(12-26)6-8-25(9-7-24,23(32)29-17)30-20(35)22(37)31(2)3/h4-5,10,17H,6-9,11-13H2,1-3H3,(H,28,34)(H,30,35). The quantitative estimate of drug-likeness (QED) is 0.327. The predicted molar refractivity (Wildman–Crippen MR) is 132 cm³/mol. The monoisotopic (exact) mass is 533 g/mol. The van der Waals surface area contributed by atoms with Crippen molar-refractivity contribution in [3.8, 4) is 0 Å². The van der Waals surface area contributed by atoms with Crippen LogP contribution in [0.4, 0.5) is 4.39 Å². The molecule has 5 rings (SSSR count). The van der Waals surface area contributed by atoms with Crippen molar-refractivity contribution >= 4 is 46.8 Å². The normalized spacial score (nSPS) is 26.7. The number of fused-ring (bicyclic) bond motifs is 2. The third-order valence-corrected chi connectivity index (χ3v) is 8.04. The zero-order chi connectivity index (χ0) is 27.1. The molecule has 0 aromatic heterocycles. The lowest BCUT2D eigenvalue weighted by molar-refractivity contribution is -0.146. The minimum atomic E-state index is -1.65. The Morgan fingerprint density at radius 1 is 1.19 bits per heavy atom. The van der Waals surface area contributed by atoms with E-state index in [1.165, 1.54) is 31.1 Å². The Morgan fingerprint density at radius 3 is 2.46 bits per heavy atom. The molecule has 3 heterocycles. The van der Waals surface area contributed by atoms with Crippen molar-refractivity contribution in [1.29, 1.82) is 0 Å². The number of ketones is 1. The fourth-order valence-electron chi connectivity index (χ4n) is 5.16. The van der Waals surface area contributed by atoms with Crippen LogP contribution in [0, 0.1) is 18.2 Å². The van der Waals surface area contributed by atoms with Crippen molar-refractivity contribution in [2.45, 2.75) is 50.7 Å². The molecule has 2 N–H and O–H groups in total. The number of halogens is 2. The van der Waals surface area contributed by atoms with Crippen LogP contribution in [-0.2, 0) is 30.5 Å². The number of nitrogens with zero attached hydrogens (tertiary/aromatic N) is 3. The van der Waals surface area contributed by atoms with Crippen LogP contribution in [0.5, 0.6) is 0 Å². The second kappa shape index (κ2) is 9.85. The van der Waals surface area contributed by atoms with E-state index in [1.54, 1.807) is 13.0 Å². The van der Waals surface area contributed by atoms with Crippen molar-refractivity contribution in [2.75, 3.05) is 26.5 Å². The average Bonchev–Trinajstić information content (AvgIpc) is 3.09. The van der Waals surface area contributed by atoms with Crippen LogP contribution >= 0.6 is 11.6 Å². The number of rotatable bonds is 5. The first kappa shape index (κ1) is 26.7. The number of nitrogens with one attached hydrogen (secondary N) is 2. The number of aryl methyl sites for hydroxylation is 1. The highest BCUT2D eigenvalue weighted by Crippen LogP contribution is 2.47. The fraction of sp³-hybridized carbons (Fsp3) is 0.520. The molecule has 12 heteroatoms. The Balaban J connectivity index is 1.67. The van der Waals surface area contributed by atoms with Gasteiger partial charge in [-0.25, -0.2) is 9.38 Å². The topological polar surface area (TPSA) is 128 Å². The first-order valence-corrected chi connectivity index (χ1v) is 12.5. The number of likely N-dealkylation sites (N-methyl/N-ethyl adjacent to an activating group) is 1. The lowest BCUT2D eigenvalue weighted by Gasteiger charge is -2.42. The summed E-state index contributed by atoms with van der Waals surface area (Å²) in [5.74, 6) is -4.38. The SMILES string of the molecule is Cc1cc(CNC(=O)C2N=C3N(CC4(CCl)CCC3(NC(=O)C(=O)N(C)C)CC4)C(=O)C2=O)ccc1F. The Kier molecular flexibility index (Phi) is 7.11. The van der Waals surface area contributed by atoms with E-state index in [1.807, 2.05) is 0 Å². The Morgan fingerprint density at radius 2 is 1.86 bits per heavy atom. The zero-order valence-corrected chi connectivity index (χ0v) is 21.7. The molecule has 1 aliphatic carbocycles. The molecule has 2 bridgehead atoms. The largest absolute Gasteiger partial charge is 0.350 e. The molecule has 37 heavy (non-hydrogen) atoms. The summed E-state index contributed by atoms with van der Waals surface area (Å²) in [6, 6.07) is 2.70. The van der Waals surface area contributed by atoms with Gasteiger partial charge >= 0.3 is 11.8 Å². The highest BCUT2D eigenvalue weighted by Gasteiger charge is 2.57. The van der Waals surface area contributed by atoms with Gasteiger partial charge in [0.2, 0.25) is 0 Å². The molecular weight excluding hydrogens is 505 g/mol. The van der Waals surface area contributed by atoms with E-state index in [-0.39, 0.29) is 30.6 Å². The highest BCUT2D eigenvalue weighted by molar-refractivity contribution is 6.46. The van der Waals surface area contributed by atoms with E-state index in [9.17, 15) is 28.4 Å². The molecule has 4 amide bonds. The van der Waals surface area contributed by atoms with Gasteiger partial charge in [-0.2, -0.15) is 0 Å². The maximum Gasteiger partial charge on any atom is 0.311 e. The molecule has 10 nitrogen and oxygen atoms in total. The predicted octanol–water partition coefficient (Wildman–Crippen LogP) is 0.685. The maximum absolute atomic E-state index is 13.6.